The van der Waals surface area contributed by atoms with Crippen molar-refractivity contribution in [2.45, 2.75) is 0 Å². The Morgan fingerprint density at radius 3 is 2.67 bits per heavy atom. The molecule has 0 radical (unpaired) electrons. The van der Waals surface area contributed by atoms with Crippen LogP contribution in [0.3, 0.4) is 0 Å². The molecule has 2 aromatic rings. The fourth-order valence-electron chi connectivity index (χ4n) is 1.92. The first-order valence-corrected chi connectivity index (χ1v) is 7.81. The molecule has 24 heavy (non-hydrogen) atoms. The third-order valence-corrected chi connectivity index (χ3v) is 3.68. The fourth-order valence-corrected chi connectivity index (χ4v) is 2.48. The number of halogens is 1. The number of nitro groups is 1. The van der Waals surface area contributed by atoms with Crippen LogP contribution in [0.1, 0.15) is 10.4 Å². The molecule has 1 amide bonds. The minimum atomic E-state index is -0.538. The molecule has 0 unspecified atom stereocenters. The standard InChI is InChI=1S/C15H12BrN3O4S/c1-23-13-7-6-9(16)8-10(13)14(20)18-15(24)17-11-4-2-3-5-12(11)19(21)22/h2-8H,1H3,(H2,17,18,20,24). The molecule has 0 fully saturated rings. The van der Waals surface area contributed by atoms with E-state index in [4.69, 9.17) is 17.0 Å². The largest absolute Gasteiger partial charge is 0.496 e. The van der Waals surface area contributed by atoms with Gasteiger partial charge in [0.15, 0.2) is 5.11 Å². The molecule has 124 valence electrons. The average Bonchev–Trinajstić information content (AvgIpc) is 2.54. The van der Waals surface area contributed by atoms with E-state index in [1.54, 1.807) is 24.3 Å². The monoisotopic (exact) mass is 409 g/mol. The number of amides is 1. The lowest BCUT2D eigenvalue weighted by Crippen LogP contribution is -2.34. The van der Waals surface area contributed by atoms with Crippen LogP contribution in [0.25, 0.3) is 0 Å². The zero-order chi connectivity index (χ0) is 17.7. The van der Waals surface area contributed by atoms with Crippen LogP contribution in [-0.4, -0.2) is 23.1 Å². The number of hydrogen-bond acceptors (Lipinski definition) is 5. The lowest BCUT2D eigenvalue weighted by Gasteiger charge is -2.12. The second-order valence-electron chi connectivity index (χ2n) is 4.53. The number of carbonyl (C=O) groups is 1. The van der Waals surface area contributed by atoms with Crippen LogP contribution < -0.4 is 15.4 Å². The topological polar surface area (TPSA) is 93.5 Å². The number of methoxy groups -OCH3 is 1. The summed E-state index contributed by atoms with van der Waals surface area (Å²) in [4.78, 5) is 22.8. The van der Waals surface area contributed by atoms with Crippen molar-refractivity contribution in [1.82, 2.24) is 5.32 Å². The zero-order valence-electron chi connectivity index (χ0n) is 12.4. The quantitative estimate of drug-likeness (QED) is 0.455. The molecule has 0 saturated heterocycles. The van der Waals surface area contributed by atoms with Crippen LogP contribution in [0, 0.1) is 10.1 Å². The number of hydrogen-bond donors (Lipinski definition) is 2. The van der Waals surface area contributed by atoms with Crippen LogP contribution in [-0.2, 0) is 0 Å². The third-order valence-electron chi connectivity index (χ3n) is 2.98. The average molecular weight is 410 g/mol. The number of thiocarbonyl (C=S) groups is 1. The molecule has 2 aromatic carbocycles. The first kappa shape index (κ1) is 17.8. The summed E-state index contributed by atoms with van der Waals surface area (Å²) in [6.07, 6.45) is 0. The summed E-state index contributed by atoms with van der Waals surface area (Å²) >= 11 is 8.33. The van der Waals surface area contributed by atoms with Crippen LogP contribution in [0.4, 0.5) is 11.4 Å². The molecule has 0 aromatic heterocycles. The first-order valence-electron chi connectivity index (χ1n) is 6.61. The Morgan fingerprint density at radius 2 is 2.00 bits per heavy atom. The summed E-state index contributed by atoms with van der Waals surface area (Å²) in [6, 6.07) is 11.0. The maximum absolute atomic E-state index is 12.3. The highest BCUT2D eigenvalue weighted by Gasteiger charge is 2.17. The predicted octanol–water partition coefficient (Wildman–Crippen LogP) is 3.49. The van der Waals surface area contributed by atoms with Gasteiger partial charge >= 0.3 is 0 Å². The van der Waals surface area contributed by atoms with E-state index in [0.717, 1.165) is 0 Å². The van der Waals surface area contributed by atoms with E-state index in [2.05, 4.69) is 26.6 Å². The molecular weight excluding hydrogens is 398 g/mol. The van der Waals surface area contributed by atoms with E-state index in [9.17, 15) is 14.9 Å². The summed E-state index contributed by atoms with van der Waals surface area (Å²) < 4.78 is 5.84. The molecule has 0 atom stereocenters. The summed E-state index contributed by atoms with van der Waals surface area (Å²) in [5.41, 5.74) is 0.321. The molecule has 0 spiro atoms. The number of ether oxygens (including phenoxy) is 1. The molecule has 0 aliphatic heterocycles. The van der Waals surface area contributed by atoms with E-state index >= 15 is 0 Å². The molecular formula is C15H12BrN3O4S. The fraction of sp³-hybridized carbons (Fsp3) is 0.0667. The number of rotatable bonds is 4. The van der Waals surface area contributed by atoms with E-state index in [1.807, 2.05) is 0 Å². The van der Waals surface area contributed by atoms with E-state index in [1.165, 1.54) is 25.3 Å². The highest BCUT2D eigenvalue weighted by Crippen LogP contribution is 2.24. The van der Waals surface area contributed by atoms with Gasteiger partial charge in [-0.3, -0.25) is 20.2 Å². The van der Waals surface area contributed by atoms with Crippen molar-refractivity contribution in [2.75, 3.05) is 12.4 Å². The number of nitrogens with one attached hydrogen (secondary N) is 2. The highest BCUT2D eigenvalue weighted by atomic mass is 79.9. The van der Waals surface area contributed by atoms with Gasteiger partial charge in [0.1, 0.15) is 11.4 Å². The molecule has 0 saturated carbocycles. The van der Waals surface area contributed by atoms with Crippen LogP contribution in [0.15, 0.2) is 46.9 Å². The Morgan fingerprint density at radius 1 is 1.29 bits per heavy atom. The Kier molecular flexibility index (Phi) is 5.83. The second kappa shape index (κ2) is 7.84. The van der Waals surface area contributed by atoms with Crippen LogP contribution in [0.5, 0.6) is 5.75 Å². The Balaban J connectivity index is 2.15. The number of nitrogens with zero attached hydrogens (tertiary/aromatic N) is 1. The smallest absolute Gasteiger partial charge is 0.292 e. The van der Waals surface area contributed by atoms with Gasteiger partial charge in [-0.2, -0.15) is 0 Å². The highest BCUT2D eigenvalue weighted by molar-refractivity contribution is 9.10. The second-order valence-corrected chi connectivity index (χ2v) is 5.85. The van der Waals surface area contributed by atoms with Crippen molar-refractivity contribution < 1.29 is 14.5 Å². The summed E-state index contributed by atoms with van der Waals surface area (Å²) in [5, 5.41) is 16.0. The first-order chi connectivity index (χ1) is 11.4. The van der Waals surface area contributed by atoms with Crippen molar-refractivity contribution >= 4 is 50.5 Å². The van der Waals surface area contributed by atoms with E-state index in [-0.39, 0.29) is 22.1 Å². The van der Waals surface area contributed by atoms with Crippen molar-refractivity contribution in [3.05, 3.63) is 62.6 Å². The predicted molar refractivity (Wildman–Crippen MR) is 97.5 cm³/mol. The van der Waals surface area contributed by atoms with Crippen molar-refractivity contribution in [3.8, 4) is 5.75 Å². The Hall–Kier alpha value is -2.52. The number of benzene rings is 2. The summed E-state index contributed by atoms with van der Waals surface area (Å²) in [5.74, 6) is -0.117. The molecule has 2 N–H and O–H groups in total. The lowest BCUT2D eigenvalue weighted by molar-refractivity contribution is -0.383. The molecule has 0 aliphatic rings. The van der Waals surface area contributed by atoms with Crippen LogP contribution in [0.2, 0.25) is 0 Å². The zero-order valence-corrected chi connectivity index (χ0v) is 14.8. The van der Waals surface area contributed by atoms with Gasteiger partial charge in [-0.15, -0.1) is 0 Å². The van der Waals surface area contributed by atoms with Crippen molar-refractivity contribution in [2.24, 2.45) is 0 Å². The van der Waals surface area contributed by atoms with Gasteiger partial charge in [0, 0.05) is 10.5 Å². The Labute approximate surface area is 151 Å². The van der Waals surface area contributed by atoms with Gasteiger partial charge in [0.05, 0.1) is 17.6 Å². The van der Waals surface area contributed by atoms with Gasteiger partial charge in [0.2, 0.25) is 0 Å². The number of anilines is 1. The normalized spacial score (nSPS) is 9.92. The molecule has 0 bridgehead atoms. The van der Waals surface area contributed by atoms with Gasteiger partial charge < -0.3 is 10.1 Å². The lowest BCUT2D eigenvalue weighted by atomic mass is 10.2. The van der Waals surface area contributed by atoms with E-state index < -0.39 is 10.8 Å². The number of nitro benzene ring substituents is 1. The third kappa shape index (κ3) is 4.27. The van der Waals surface area contributed by atoms with Gasteiger partial charge in [-0.1, -0.05) is 28.1 Å². The Bertz CT molecular complexity index is 813. The molecule has 0 aliphatic carbocycles. The minimum absolute atomic E-state index is 0.0590. The number of carbonyl (C=O) groups excluding carboxylic acids is 1. The van der Waals surface area contributed by atoms with Gasteiger partial charge in [-0.25, -0.2) is 0 Å². The maximum atomic E-state index is 12.3. The molecule has 2 rings (SSSR count). The molecule has 7 nitrogen and oxygen atoms in total. The molecule has 9 heteroatoms. The molecule has 0 heterocycles. The minimum Gasteiger partial charge on any atom is -0.496 e. The van der Waals surface area contributed by atoms with Crippen molar-refractivity contribution in [1.29, 1.82) is 0 Å². The summed E-state index contributed by atoms with van der Waals surface area (Å²) in [7, 11) is 1.45. The van der Waals surface area contributed by atoms with Crippen molar-refractivity contribution in [3.63, 3.8) is 0 Å². The maximum Gasteiger partial charge on any atom is 0.292 e. The van der Waals surface area contributed by atoms with Gasteiger partial charge in [-0.05, 0) is 36.5 Å². The van der Waals surface area contributed by atoms with E-state index in [0.29, 0.717) is 10.2 Å². The SMILES string of the molecule is COc1ccc(Br)cc1C(=O)NC(=S)Nc1ccccc1[N+](=O)[O-]. The summed E-state index contributed by atoms with van der Waals surface area (Å²) in [6.45, 7) is 0. The van der Waals surface area contributed by atoms with Crippen LogP contribution >= 0.6 is 28.1 Å². The number of para-hydroxylation sites is 2. The van der Waals surface area contributed by atoms with Gasteiger partial charge in [0.25, 0.3) is 11.6 Å².